The molecule has 0 N–H and O–H groups in total. The summed E-state index contributed by atoms with van der Waals surface area (Å²) in [5.74, 6) is 2.00. The van der Waals surface area contributed by atoms with E-state index < -0.39 is 0 Å². The van der Waals surface area contributed by atoms with Gasteiger partial charge in [-0.15, -0.1) is 0 Å². The van der Waals surface area contributed by atoms with Crippen LogP contribution in [0.15, 0.2) is 48.5 Å². The molecule has 2 aromatic rings. The molecule has 0 bridgehead atoms. The Labute approximate surface area is 246 Å². The molecule has 0 atom stereocenters. The summed E-state index contributed by atoms with van der Waals surface area (Å²) in [5, 5.41) is 0. The van der Waals surface area contributed by atoms with E-state index in [-0.39, 0.29) is 0 Å². The van der Waals surface area contributed by atoms with Gasteiger partial charge in [-0.2, -0.15) is 0 Å². The van der Waals surface area contributed by atoms with Gasteiger partial charge in [-0.1, -0.05) is 127 Å². The van der Waals surface area contributed by atoms with E-state index >= 15 is 0 Å². The SMILES string of the molecule is CCCCCCCCCc1ccccc1OCCOCCOCCOc1ccccc1CCCCCCCCC. The van der Waals surface area contributed by atoms with Crippen LogP contribution in [0.1, 0.15) is 115 Å². The van der Waals surface area contributed by atoms with Gasteiger partial charge in [0.25, 0.3) is 0 Å². The summed E-state index contributed by atoms with van der Waals surface area (Å²) in [6.07, 6.45) is 20.8. The molecule has 0 spiro atoms. The van der Waals surface area contributed by atoms with Crippen molar-refractivity contribution in [1.29, 1.82) is 0 Å². The minimum atomic E-state index is 0.562. The first-order chi connectivity index (χ1) is 19.8. The Bertz CT molecular complexity index is 768. The van der Waals surface area contributed by atoms with Gasteiger partial charge in [0.15, 0.2) is 0 Å². The number of para-hydroxylation sites is 2. The minimum Gasteiger partial charge on any atom is -0.491 e. The minimum absolute atomic E-state index is 0.562. The maximum atomic E-state index is 6.02. The average Bonchev–Trinajstić information content (AvgIpc) is 2.98. The first kappa shape index (κ1) is 34.2. The molecule has 2 aromatic carbocycles. The molecule has 0 saturated carbocycles. The molecule has 0 saturated heterocycles. The van der Waals surface area contributed by atoms with Crippen molar-refractivity contribution in [1.82, 2.24) is 0 Å². The van der Waals surface area contributed by atoms with Crippen molar-refractivity contribution in [3.63, 3.8) is 0 Å². The summed E-state index contributed by atoms with van der Waals surface area (Å²) in [4.78, 5) is 0. The van der Waals surface area contributed by atoms with E-state index in [4.69, 9.17) is 18.9 Å². The van der Waals surface area contributed by atoms with Crippen LogP contribution in [0.4, 0.5) is 0 Å². The van der Waals surface area contributed by atoms with Crippen molar-refractivity contribution in [2.75, 3.05) is 39.6 Å². The molecule has 0 unspecified atom stereocenters. The number of benzene rings is 2. The zero-order chi connectivity index (χ0) is 28.4. The van der Waals surface area contributed by atoms with Crippen LogP contribution < -0.4 is 9.47 Å². The van der Waals surface area contributed by atoms with Gasteiger partial charge in [-0.25, -0.2) is 0 Å². The lowest BCUT2D eigenvalue weighted by Crippen LogP contribution is -2.14. The van der Waals surface area contributed by atoms with Crippen LogP contribution in [0.25, 0.3) is 0 Å². The number of rotatable bonds is 27. The van der Waals surface area contributed by atoms with Crippen LogP contribution in [-0.2, 0) is 22.3 Å². The summed E-state index contributed by atoms with van der Waals surface area (Å²) in [6, 6.07) is 16.8. The van der Waals surface area contributed by atoms with Crippen molar-refractivity contribution in [3.8, 4) is 11.5 Å². The predicted molar refractivity (Wildman–Crippen MR) is 169 cm³/mol. The fraction of sp³-hybridized carbons (Fsp3) is 0.667. The van der Waals surface area contributed by atoms with E-state index in [0.29, 0.717) is 39.6 Å². The van der Waals surface area contributed by atoms with Gasteiger partial charge in [0.1, 0.15) is 24.7 Å². The number of unbranched alkanes of at least 4 members (excludes halogenated alkanes) is 12. The second kappa shape index (κ2) is 24.7. The quantitative estimate of drug-likeness (QED) is 0.103. The molecule has 0 radical (unpaired) electrons. The van der Waals surface area contributed by atoms with Gasteiger partial charge >= 0.3 is 0 Å². The molecular formula is C36H58O4. The lowest BCUT2D eigenvalue weighted by molar-refractivity contribution is 0.0272. The molecule has 0 amide bonds. The topological polar surface area (TPSA) is 36.9 Å². The van der Waals surface area contributed by atoms with Crippen molar-refractivity contribution >= 4 is 0 Å². The molecule has 4 nitrogen and oxygen atoms in total. The molecular weight excluding hydrogens is 496 g/mol. The van der Waals surface area contributed by atoms with Gasteiger partial charge < -0.3 is 18.9 Å². The van der Waals surface area contributed by atoms with Gasteiger partial charge in [0.2, 0.25) is 0 Å². The third-order valence-electron chi connectivity index (χ3n) is 7.39. The van der Waals surface area contributed by atoms with Crippen LogP contribution in [0.5, 0.6) is 11.5 Å². The molecule has 40 heavy (non-hydrogen) atoms. The van der Waals surface area contributed by atoms with Crippen LogP contribution in [0.2, 0.25) is 0 Å². The Morgan fingerprint density at radius 1 is 0.400 bits per heavy atom. The Morgan fingerprint density at radius 3 is 1.18 bits per heavy atom. The third-order valence-corrected chi connectivity index (χ3v) is 7.39. The summed E-state index contributed by atoms with van der Waals surface area (Å²) in [6.45, 7) is 7.93. The van der Waals surface area contributed by atoms with Crippen molar-refractivity contribution < 1.29 is 18.9 Å². The van der Waals surface area contributed by atoms with Crippen LogP contribution in [-0.4, -0.2) is 39.6 Å². The second-order valence-corrected chi connectivity index (χ2v) is 10.9. The fourth-order valence-corrected chi connectivity index (χ4v) is 4.99. The van der Waals surface area contributed by atoms with Crippen molar-refractivity contribution in [2.24, 2.45) is 0 Å². The molecule has 0 aromatic heterocycles. The zero-order valence-electron chi connectivity index (χ0n) is 25.8. The maximum Gasteiger partial charge on any atom is 0.122 e. The first-order valence-electron chi connectivity index (χ1n) is 16.4. The lowest BCUT2D eigenvalue weighted by Gasteiger charge is -2.13. The standard InChI is InChI=1S/C36H58O4/c1-3-5-7-9-11-13-15-21-33-23-17-19-25-35(33)39-31-29-37-27-28-38-30-32-40-36-26-20-18-24-34(36)22-16-14-12-10-8-6-4-2/h17-20,23-26H,3-16,21-22,27-32H2,1-2H3. The van der Waals surface area contributed by atoms with E-state index in [9.17, 15) is 0 Å². The van der Waals surface area contributed by atoms with Crippen LogP contribution >= 0.6 is 0 Å². The molecule has 2 rings (SSSR count). The monoisotopic (exact) mass is 554 g/mol. The van der Waals surface area contributed by atoms with Gasteiger partial charge in [0, 0.05) is 0 Å². The highest BCUT2D eigenvalue weighted by Gasteiger charge is 2.05. The highest BCUT2D eigenvalue weighted by Crippen LogP contribution is 2.22. The summed E-state index contributed by atoms with van der Waals surface area (Å²) >= 11 is 0. The zero-order valence-corrected chi connectivity index (χ0v) is 25.8. The lowest BCUT2D eigenvalue weighted by atomic mass is 10.0. The number of hydrogen-bond acceptors (Lipinski definition) is 4. The molecule has 0 aliphatic heterocycles. The van der Waals surface area contributed by atoms with Crippen LogP contribution in [0, 0.1) is 0 Å². The summed E-state index contributed by atoms with van der Waals surface area (Å²) < 4.78 is 23.5. The van der Waals surface area contributed by atoms with Gasteiger partial charge in [-0.05, 0) is 48.9 Å². The van der Waals surface area contributed by atoms with Crippen LogP contribution in [0.3, 0.4) is 0 Å². The van der Waals surface area contributed by atoms with E-state index in [2.05, 4.69) is 50.2 Å². The van der Waals surface area contributed by atoms with Gasteiger partial charge in [-0.3, -0.25) is 0 Å². The molecule has 0 aliphatic carbocycles. The number of hydrogen-bond donors (Lipinski definition) is 0. The molecule has 4 heteroatoms. The normalized spacial score (nSPS) is 11.2. The Kier molecular flexibility index (Phi) is 21.1. The third kappa shape index (κ3) is 16.9. The van der Waals surface area contributed by atoms with E-state index in [1.807, 2.05) is 12.1 Å². The summed E-state index contributed by atoms with van der Waals surface area (Å²) in [5.41, 5.74) is 2.62. The Hall–Kier alpha value is -2.04. The van der Waals surface area contributed by atoms with Crippen molar-refractivity contribution in [2.45, 2.75) is 117 Å². The fourth-order valence-electron chi connectivity index (χ4n) is 4.99. The highest BCUT2D eigenvalue weighted by atomic mass is 16.6. The summed E-state index contributed by atoms with van der Waals surface area (Å²) in [7, 11) is 0. The smallest absolute Gasteiger partial charge is 0.122 e. The number of aryl methyl sites for hydroxylation is 2. The van der Waals surface area contributed by atoms with E-state index in [1.165, 1.54) is 101 Å². The Balaban J connectivity index is 1.48. The van der Waals surface area contributed by atoms with E-state index in [1.54, 1.807) is 0 Å². The van der Waals surface area contributed by atoms with Crippen molar-refractivity contribution in [3.05, 3.63) is 59.7 Å². The largest absolute Gasteiger partial charge is 0.491 e. The molecule has 226 valence electrons. The number of ether oxygens (including phenoxy) is 4. The molecule has 0 heterocycles. The van der Waals surface area contributed by atoms with E-state index in [0.717, 1.165) is 24.3 Å². The second-order valence-electron chi connectivity index (χ2n) is 10.9. The Morgan fingerprint density at radius 2 is 0.750 bits per heavy atom. The highest BCUT2D eigenvalue weighted by molar-refractivity contribution is 5.34. The average molecular weight is 555 g/mol. The molecule has 0 fully saturated rings. The first-order valence-corrected chi connectivity index (χ1v) is 16.4. The van der Waals surface area contributed by atoms with Gasteiger partial charge in [0.05, 0.1) is 26.4 Å². The predicted octanol–water partition coefficient (Wildman–Crippen LogP) is 9.76. The molecule has 0 aliphatic rings. The maximum absolute atomic E-state index is 6.02.